The molecule has 6 heteroatoms. The standard InChI is InChI=1S/C7H5N3O3/c8-3-4-1-5(10(12)13)2-6(11)7(4)9/h1-2,11H,9H2. The Kier molecular flexibility index (Phi) is 2.02. The Bertz CT molecular complexity index is 408. The average Bonchev–Trinajstić information content (AvgIpc) is 2.09. The minimum absolute atomic E-state index is 0.105. The molecule has 0 atom stereocenters. The molecule has 0 saturated carbocycles. The summed E-state index contributed by atoms with van der Waals surface area (Å²) in [5.41, 5.74) is 4.66. The zero-order valence-corrected chi connectivity index (χ0v) is 6.39. The van der Waals surface area contributed by atoms with E-state index in [4.69, 9.17) is 16.1 Å². The number of nitrogens with two attached hydrogens (primary N) is 1. The summed E-state index contributed by atoms with van der Waals surface area (Å²) in [5.74, 6) is -0.453. The molecular formula is C7H5N3O3. The van der Waals surface area contributed by atoms with Gasteiger partial charge in [-0.15, -0.1) is 0 Å². The van der Waals surface area contributed by atoms with Crippen LogP contribution >= 0.6 is 0 Å². The Morgan fingerprint density at radius 2 is 2.23 bits per heavy atom. The number of nitrogens with zero attached hydrogens (tertiary/aromatic N) is 2. The van der Waals surface area contributed by atoms with E-state index in [1.54, 1.807) is 6.07 Å². The number of hydrogen-bond acceptors (Lipinski definition) is 5. The highest BCUT2D eigenvalue weighted by Gasteiger charge is 2.13. The third-order valence-electron chi connectivity index (χ3n) is 1.47. The third-order valence-corrected chi connectivity index (χ3v) is 1.47. The summed E-state index contributed by atoms with van der Waals surface area (Å²) < 4.78 is 0. The maximum absolute atomic E-state index is 10.3. The molecule has 13 heavy (non-hydrogen) atoms. The van der Waals surface area contributed by atoms with Crippen molar-refractivity contribution in [3.63, 3.8) is 0 Å². The van der Waals surface area contributed by atoms with Crippen molar-refractivity contribution in [3.05, 3.63) is 27.8 Å². The number of phenolic OH excluding ortho intramolecular Hbond substituents is 1. The van der Waals surface area contributed by atoms with Gasteiger partial charge in [-0.2, -0.15) is 5.26 Å². The molecule has 1 aromatic carbocycles. The number of nitriles is 1. The molecule has 1 aromatic rings. The highest BCUT2D eigenvalue weighted by molar-refractivity contribution is 5.66. The second-order valence-corrected chi connectivity index (χ2v) is 2.30. The number of hydrogen-bond donors (Lipinski definition) is 2. The van der Waals surface area contributed by atoms with Gasteiger partial charge in [-0.3, -0.25) is 10.1 Å². The summed E-state index contributed by atoms with van der Waals surface area (Å²) in [4.78, 5) is 9.57. The number of nitro benzene ring substituents is 1. The zero-order valence-electron chi connectivity index (χ0n) is 6.39. The molecule has 3 N–H and O–H groups in total. The predicted octanol–water partition coefficient (Wildman–Crippen LogP) is 0.754. The first-order valence-corrected chi connectivity index (χ1v) is 3.23. The molecule has 0 bridgehead atoms. The van der Waals surface area contributed by atoms with E-state index in [2.05, 4.69) is 0 Å². The fourth-order valence-electron chi connectivity index (χ4n) is 0.821. The predicted molar refractivity (Wildman–Crippen MR) is 43.9 cm³/mol. The smallest absolute Gasteiger partial charge is 0.274 e. The van der Waals surface area contributed by atoms with E-state index < -0.39 is 10.7 Å². The Morgan fingerprint density at radius 1 is 1.62 bits per heavy atom. The molecule has 0 radical (unpaired) electrons. The highest BCUT2D eigenvalue weighted by atomic mass is 16.6. The minimum Gasteiger partial charge on any atom is -0.505 e. The SMILES string of the molecule is N#Cc1cc([N+](=O)[O-])cc(O)c1N. The number of aromatic hydroxyl groups is 1. The summed E-state index contributed by atoms with van der Waals surface area (Å²) in [6, 6.07) is 3.55. The van der Waals surface area contributed by atoms with Crippen LogP contribution in [-0.4, -0.2) is 10.0 Å². The number of rotatable bonds is 1. The summed E-state index contributed by atoms with van der Waals surface area (Å²) in [7, 11) is 0. The van der Waals surface area contributed by atoms with E-state index in [1.165, 1.54) is 0 Å². The van der Waals surface area contributed by atoms with Gasteiger partial charge in [0, 0.05) is 6.07 Å². The number of nitrogen functional groups attached to an aromatic ring is 1. The molecular weight excluding hydrogens is 174 g/mol. The maximum Gasteiger partial charge on any atom is 0.274 e. The average molecular weight is 179 g/mol. The molecule has 0 aliphatic carbocycles. The molecule has 0 saturated heterocycles. The number of non-ortho nitro benzene ring substituents is 1. The second-order valence-electron chi connectivity index (χ2n) is 2.30. The van der Waals surface area contributed by atoms with E-state index in [0.29, 0.717) is 0 Å². The number of benzene rings is 1. The summed E-state index contributed by atoms with van der Waals surface area (Å²) >= 11 is 0. The molecule has 0 fully saturated rings. The summed E-state index contributed by atoms with van der Waals surface area (Å²) in [6.45, 7) is 0. The van der Waals surface area contributed by atoms with Gasteiger partial charge in [0.05, 0.1) is 22.2 Å². The molecule has 0 unspecified atom stereocenters. The van der Waals surface area contributed by atoms with Gasteiger partial charge in [0.25, 0.3) is 5.69 Å². The van der Waals surface area contributed by atoms with Gasteiger partial charge >= 0.3 is 0 Å². The van der Waals surface area contributed by atoms with Gasteiger partial charge in [-0.1, -0.05) is 0 Å². The third kappa shape index (κ3) is 1.49. The highest BCUT2D eigenvalue weighted by Crippen LogP contribution is 2.29. The molecule has 66 valence electrons. The van der Waals surface area contributed by atoms with Crippen LogP contribution in [0.2, 0.25) is 0 Å². The molecule has 0 aliphatic heterocycles. The van der Waals surface area contributed by atoms with Crippen LogP contribution in [0.25, 0.3) is 0 Å². The van der Waals surface area contributed by atoms with E-state index in [1.807, 2.05) is 0 Å². The van der Waals surface area contributed by atoms with Crippen LogP contribution < -0.4 is 5.73 Å². The zero-order chi connectivity index (χ0) is 10.0. The lowest BCUT2D eigenvalue weighted by atomic mass is 10.1. The van der Waals surface area contributed by atoms with Gasteiger partial charge in [0.1, 0.15) is 11.8 Å². The molecule has 6 nitrogen and oxygen atoms in total. The lowest BCUT2D eigenvalue weighted by Crippen LogP contribution is -1.94. The minimum atomic E-state index is -0.708. The molecule has 1 rings (SSSR count). The first-order valence-electron chi connectivity index (χ1n) is 3.23. The van der Waals surface area contributed by atoms with Crippen LogP contribution in [0.5, 0.6) is 5.75 Å². The molecule has 0 spiro atoms. The van der Waals surface area contributed by atoms with Crippen molar-refractivity contribution in [2.75, 3.05) is 5.73 Å². The molecule has 0 heterocycles. The van der Waals surface area contributed by atoms with E-state index in [0.717, 1.165) is 12.1 Å². The van der Waals surface area contributed by atoms with Crippen LogP contribution in [0.15, 0.2) is 12.1 Å². The summed E-state index contributed by atoms with van der Waals surface area (Å²) in [6.07, 6.45) is 0. The fraction of sp³-hybridized carbons (Fsp3) is 0. The number of phenols is 1. The van der Waals surface area contributed by atoms with Crippen molar-refractivity contribution in [2.45, 2.75) is 0 Å². The van der Waals surface area contributed by atoms with Gasteiger partial charge in [0.15, 0.2) is 0 Å². The van der Waals surface area contributed by atoms with Crippen LogP contribution in [0.3, 0.4) is 0 Å². The van der Waals surface area contributed by atoms with Crippen LogP contribution in [0, 0.1) is 21.4 Å². The lowest BCUT2D eigenvalue weighted by molar-refractivity contribution is -0.384. The van der Waals surface area contributed by atoms with Crippen molar-refractivity contribution < 1.29 is 10.0 Å². The normalized spacial score (nSPS) is 9.15. The van der Waals surface area contributed by atoms with Crippen molar-refractivity contribution in [1.29, 1.82) is 5.26 Å². The van der Waals surface area contributed by atoms with E-state index in [9.17, 15) is 10.1 Å². The largest absolute Gasteiger partial charge is 0.505 e. The van der Waals surface area contributed by atoms with E-state index >= 15 is 0 Å². The quantitative estimate of drug-likeness (QED) is 0.286. The number of anilines is 1. The van der Waals surface area contributed by atoms with Crippen LogP contribution in [0.1, 0.15) is 5.56 Å². The van der Waals surface area contributed by atoms with Crippen molar-refractivity contribution in [2.24, 2.45) is 0 Å². The van der Waals surface area contributed by atoms with Crippen LogP contribution in [-0.2, 0) is 0 Å². The van der Waals surface area contributed by atoms with Gasteiger partial charge in [-0.05, 0) is 0 Å². The van der Waals surface area contributed by atoms with Crippen molar-refractivity contribution in [3.8, 4) is 11.8 Å². The van der Waals surface area contributed by atoms with Crippen molar-refractivity contribution in [1.82, 2.24) is 0 Å². The second kappa shape index (κ2) is 2.98. The van der Waals surface area contributed by atoms with E-state index in [-0.39, 0.29) is 16.9 Å². The van der Waals surface area contributed by atoms with Gasteiger partial charge in [-0.25, -0.2) is 0 Å². The Labute approximate surface area is 73.0 Å². The fourth-order valence-corrected chi connectivity index (χ4v) is 0.821. The summed E-state index contributed by atoms with van der Waals surface area (Å²) in [5, 5.41) is 27.8. The van der Waals surface area contributed by atoms with Crippen LogP contribution in [0.4, 0.5) is 11.4 Å². The Morgan fingerprint density at radius 3 is 2.69 bits per heavy atom. The first kappa shape index (κ1) is 8.80. The molecule has 0 aliphatic rings. The van der Waals surface area contributed by atoms with Crippen molar-refractivity contribution >= 4 is 11.4 Å². The molecule has 0 aromatic heterocycles. The monoisotopic (exact) mass is 179 g/mol. The Balaban J connectivity index is 3.41. The number of nitro groups is 1. The Hall–Kier alpha value is -2.29. The van der Waals surface area contributed by atoms with Gasteiger partial charge < -0.3 is 10.8 Å². The first-order chi connectivity index (χ1) is 6.06. The lowest BCUT2D eigenvalue weighted by Gasteiger charge is -1.99. The molecule has 0 amide bonds. The topological polar surface area (TPSA) is 113 Å². The maximum atomic E-state index is 10.3. The van der Waals surface area contributed by atoms with Gasteiger partial charge in [0.2, 0.25) is 0 Å².